The average Bonchev–Trinajstić information content (AvgIpc) is 2.65. The predicted octanol–water partition coefficient (Wildman–Crippen LogP) is 2.18. The summed E-state index contributed by atoms with van der Waals surface area (Å²) in [7, 11) is 0. The zero-order valence-electron chi connectivity index (χ0n) is 9.51. The third-order valence-corrected chi connectivity index (χ3v) is 2.39. The van der Waals surface area contributed by atoms with E-state index in [-0.39, 0.29) is 12.1 Å². The lowest BCUT2D eigenvalue weighted by atomic mass is 10.1. The van der Waals surface area contributed by atoms with Gasteiger partial charge in [-0.2, -0.15) is 0 Å². The molecule has 0 amide bonds. The molecule has 0 aliphatic rings. The lowest BCUT2D eigenvalue weighted by molar-refractivity contribution is -0.146. The third-order valence-electron chi connectivity index (χ3n) is 2.39. The second kappa shape index (κ2) is 5.53. The van der Waals surface area contributed by atoms with E-state index in [0.29, 0.717) is 6.04 Å². The van der Waals surface area contributed by atoms with Crippen molar-refractivity contribution in [1.82, 2.24) is 9.55 Å². The molecule has 0 spiro atoms. The Bertz CT molecular complexity index is 296. The number of hydrogen-bond donors (Lipinski definition) is 0. The van der Waals surface area contributed by atoms with E-state index in [2.05, 4.69) is 16.5 Å². The van der Waals surface area contributed by atoms with E-state index in [1.807, 2.05) is 13.1 Å². The van der Waals surface area contributed by atoms with Crippen molar-refractivity contribution in [3.8, 4) is 0 Å². The molecule has 1 aromatic rings. The van der Waals surface area contributed by atoms with Gasteiger partial charge in [0.1, 0.15) is 6.10 Å². The number of carbonyl (C=O) groups is 1. The normalized spacial score (nSPS) is 14.6. The second-order valence-corrected chi connectivity index (χ2v) is 3.73. The number of imidazole rings is 1. The van der Waals surface area contributed by atoms with Crippen molar-refractivity contribution in [2.24, 2.45) is 0 Å². The fourth-order valence-corrected chi connectivity index (χ4v) is 1.70. The van der Waals surface area contributed by atoms with Gasteiger partial charge in [0.2, 0.25) is 0 Å². The van der Waals surface area contributed by atoms with Crippen LogP contribution in [0.4, 0.5) is 0 Å². The Kier molecular flexibility index (Phi) is 4.34. The minimum absolute atomic E-state index is 0.0464. The Balaban J connectivity index is 2.50. The van der Waals surface area contributed by atoms with Crippen LogP contribution in [-0.2, 0) is 9.53 Å². The molecule has 0 aliphatic carbocycles. The average molecular weight is 210 g/mol. The molecule has 4 heteroatoms. The van der Waals surface area contributed by atoms with E-state index in [0.717, 1.165) is 12.8 Å². The first-order chi connectivity index (χ1) is 7.13. The summed E-state index contributed by atoms with van der Waals surface area (Å²) < 4.78 is 7.16. The van der Waals surface area contributed by atoms with Gasteiger partial charge in [-0.05, 0) is 13.3 Å². The standard InChI is InChI=1S/C11H18N2O2/c1-4-11(13-6-5-12-8-13)7-9(2)15-10(3)14/h5-6,8-9,11H,4,7H2,1-3H3. The van der Waals surface area contributed by atoms with E-state index >= 15 is 0 Å². The van der Waals surface area contributed by atoms with Gasteiger partial charge in [-0.15, -0.1) is 0 Å². The fourth-order valence-electron chi connectivity index (χ4n) is 1.70. The van der Waals surface area contributed by atoms with Gasteiger partial charge in [0.05, 0.1) is 6.33 Å². The van der Waals surface area contributed by atoms with Crippen molar-refractivity contribution in [2.75, 3.05) is 0 Å². The summed E-state index contributed by atoms with van der Waals surface area (Å²) in [5.74, 6) is -0.219. The van der Waals surface area contributed by atoms with E-state index < -0.39 is 0 Å². The lowest BCUT2D eigenvalue weighted by Crippen LogP contribution is -2.18. The Morgan fingerprint density at radius 2 is 2.33 bits per heavy atom. The summed E-state index contributed by atoms with van der Waals surface area (Å²) >= 11 is 0. The molecule has 0 aliphatic heterocycles. The smallest absolute Gasteiger partial charge is 0.302 e. The van der Waals surface area contributed by atoms with Gasteiger partial charge >= 0.3 is 5.97 Å². The highest BCUT2D eigenvalue weighted by molar-refractivity contribution is 5.66. The first kappa shape index (κ1) is 11.8. The van der Waals surface area contributed by atoms with Gasteiger partial charge in [0.25, 0.3) is 0 Å². The lowest BCUT2D eigenvalue weighted by Gasteiger charge is -2.20. The van der Waals surface area contributed by atoms with Crippen LogP contribution in [0, 0.1) is 0 Å². The van der Waals surface area contributed by atoms with Crippen LogP contribution in [0.1, 0.15) is 39.7 Å². The first-order valence-corrected chi connectivity index (χ1v) is 5.28. The maximum absolute atomic E-state index is 10.8. The quantitative estimate of drug-likeness (QED) is 0.700. The molecule has 15 heavy (non-hydrogen) atoms. The molecule has 1 aromatic heterocycles. The maximum Gasteiger partial charge on any atom is 0.302 e. The highest BCUT2D eigenvalue weighted by Gasteiger charge is 2.14. The molecule has 84 valence electrons. The van der Waals surface area contributed by atoms with Crippen LogP contribution in [0.25, 0.3) is 0 Å². The maximum atomic E-state index is 10.8. The van der Waals surface area contributed by atoms with Crippen molar-refractivity contribution < 1.29 is 9.53 Å². The van der Waals surface area contributed by atoms with Crippen molar-refractivity contribution in [3.63, 3.8) is 0 Å². The van der Waals surface area contributed by atoms with Crippen molar-refractivity contribution in [3.05, 3.63) is 18.7 Å². The number of rotatable bonds is 5. The number of esters is 1. The Labute approximate surface area is 90.3 Å². The Morgan fingerprint density at radius 3 is 2.80 bits per heavy atom. The summed E-state index contributed by atoms with van der Waals surface area (Å²) in [6.45, 7) is 5.47. The number of carbonyl (C=O) groups excluding carboxylic acids is 1. The molecule has 1 rings (SSSR count). The highest BCUT2D eigenvalue weighted by atomic mass is 16.5. The Morgan fingerprint density at radius 1 is 1.60 bits per heavy atom. The molecule has 0 saturated carbocycles. The molecule has 4 nitrogen and oxygen atoms in total. The molecule has 0 fully saturated rings. The number of nitrogens with zero attached hydrogens (tertiary/aromatic N) is 2. The molecule has 2 unspecified atom stereocenters. The van der Waals surface area contributed by atoms with Crippen LogP contribution in [0.2, 0.25) is 0 Å². The van der Waals surface area contributed by atoms with Gasteiger partial charge in [-0.25, -0.2) is 4.98 Å². The molecule has 1 heterocycles. The molecular formula is C11H18N2O2. The van der Waals surface area contributed by atoms with Crippen LogP contribution < -0.4 is 0 Å². The van der Waals surface area contributed by atoms with Gasteiger partial charge in [-0.3, -0.25) is 4.79 Å². The van der Waals surface area contributed by atoms with Crippen molar-refractivity contribution >= 4 is 5.97 Å². The predicted molar refractivity (Wildman–Crippen MR) is 57.4 cm³/mol. The van der Waals surface area contributed by atoms with Gasteiger partial charge < -0.3 is 9.30 Å². The largest absolute Gasteiger partial charge is 0.463 e. The monoisotopic (exact) mass is 210 g/mol. The summed E-state index contributed by atoms with van der Waals surface area (Å²) in [6.07, 6.45) is 7.28. The molecule has 0 aromatic carbocycles. The number of hydrogen-bond acceptors (Lipinski definition) is 3. The van der Waals surface area contributed by atoms with E-state index in [1.54, 1.807) is 12.5 Å². The van der Waals surface area contributed by atoms with Crippen molar-refractivity contribution in [1.29, 1.82) is 0 Å². The van der Waals surface area contributed by atoms with E-state index in [1.165, 1.54) is 6.92 Å². The summed E-state index contributed by atoms with van der Waals surface area (Å²) in [5.41, 5.74) is 0. The minimum Gasteiger partial charge on any atom is -0.463 e. The molecule has 2 atom stereocenters. The summed E-state index contributed by atoms with van der Waals surface area (Å²) in [6, 6.07) is 0.349. The third kappa shape index (κ3) is 3.73. The molecular weight excluding hydrogens is 192 g/mol. The second-order valence-electron chi connectivity index (χ2n) is 3.73. The molecule has 0 bridgehead atoms. The first-order valence-electron chi connectivity index (χ1n) is 5.28. The van der Waals surface area contributed by atoms with Gasteiger partial charge in [0, 0.05) is 31.8 Å². The fraction of sp³-hybridized carbons (Fsp3) is 0.636. The zero-order chi connectivity index (χ0) is 11.3. The van der Waals surface area contributed by atoms with Crippen LogP contribution in [0.15, 0.2) is 18.7 Å². The SMILES string of the molecule is CCC(CC(C)OC(C)=O)n1ccnc1. The number of aromatic nitrogens is 2. The minimum atomic E-state index is -0.219. The molecule has 0 radical (unpaired) electrons. The molecule has 0 N–H and O–H groups in total. The molecule has 0 saturated heterocycles. The van der Waals surface area contributed by atoms with Gasteiger partial charge in [-0.1, -0.05) is 6.92 Å². The number of ether oxygens (including phenoxy) is 1. The summed E-state index contributed by atoms with van der Waals surface area (Å²) in [4.78, 5) is 14.8. The van der Waals surface area contributed by atoms with Crippen LogP contribution in [0.3, 0.4) is 0 Å². The van der Waals surface area contributed by atoms with Crippen LogP contribution in [-0.4, -0.2) is 21.6 Å². The van der Waals surface area contributed by atoms with Gasteiger partial charge in [0.15, 0.2) is 0 Å². The van der Waals surface area contributed by atoms with E-state index in [4.69, 9.17) is 4.74 Å². The van der Waals surface area contributed by atoms with E-state index in [9.17, 15) is 4.79 Å². The Hall–Kier alpha value is -1.32. The van der Waals surface area contributed by atoms with Crippen molar-refractivity contribution in [2.45, 2.75) is 45.8 Å². The summed E-state index contributed by atoms with van der Waals surface area (Å²) in [5, 5.41) is 0. The van der Waals surface area contributed by atoms with Crippen LogP contribution >= 0.6 is 0 Å². The topological polar surface area (TPSA) is 44.1 Å². The highest BCUT2D eigenvalue weighted by Crippen LogP contribution is 2.18. The zero-order valence-corrected chi connectivity index (χ0v) is 9.51. The van der Waals surface area contributed by atoms with Crippen LogP contribution in [0.5, 0.6) is 0 Å².